The van der Waals surface area contributed by atoms with E-state index in [1.807, 2.05) is 59.2 Å². The summed E-state index contributed by atoms with van der Waals surface area (Å²) in [4.78, 5) is 25.8. The molecule has 0 spiro atoms. The maximum atomic E-state index is 14.3. The fraction of sp³-hybridized carbons (Fsp3) is 0.517. The van der Waals surface area contributed by atoms with Crippen molar-refractivity contribution in [2.45, 2.75) is 57.7 Å². The highest BCUT2D eigenvalue weighted by Crippen LogP contribution is 2.39. The van der Waals surface area contributed by atoms with Gasteiger partial charge in [0.1, 0.15) is 17.3 Å². The maximum Gasteiger partial charge on any atom is 0.326 e. The van der Waals surface area contributed by atoms with Gasteiger partial charge in [0.2, 0.25) is 0 Å². The molecule has 198 valence electrons. The van der Waals surface area contributed by atoms with Gasteiger partial charge in [0.05, 0.1) is 31.4 Å². The van der Waals surface area contributed by atoms with Gasteiger partial charge in [-0.3, -0.25) is 9.89 Å². The zero-order valence-electron chi connectivity index (χ0n) is 22.0. The lowest BCUT2D eigenvalue weighted by atomic mass is 9.99. The van der Waals surface area contributed by atoms with E-state index in [9.17, 15) is 4.79 Å². The lowest BCUT2D eigenvalue weighted by molar-refractivity contribution is 0.118. The smallest absolute Gasteiger partial charge is 0.326 e. The van der Waals surface area contributed by atoms with Gasteiger partial charge in [-0.25, -0.2) is 4.79 Å². The van der Waals surface area contributed by atoms with E-state index >= 15 is 0 Å². The van der Waals surface area contributed by atoms with Crippen LogP contribution in [-0.4, -0.2) is 78.5 Å². The Balaban J connectivity index is 1.47. The van der Waals surface area contributed by atoms with Crippen LogP contribution in [0.25, 0.3) is 0 Å². The molecule has 2 fully saturated rings. The van der Waals surface area contributed by atoms with Gasteiger partial charge in [0.25, 0.3) is 0 Å². The van der Waals surface area contributed by atoms with Crippen LogP contribution in [0.5, 0.6) is 11.5 Å². The zero-order chi connectivity index (χ0) is 25.9. The third-order valence-corrected chi connectivity index (χ3v) is 8.08. The van der Waals surface area contributed by atoms with Crippen LogP contribution < -0.4 is 9.47 Å². The molecule has 0 radical (unpaired) electrons. The molecule has 2 unspecified atom stereocenters. The van der Waals surface area contributed by atoms with Crippen molar-refractivity contribution in [1.29, 1.82) is 0 Å². The van der Waals surface area contributed by atoms with Gasteiger partial charge in [-0.2, -0.15) is 0 Å². The fourth-order valence-corrected chi connectivity index (χ4v) is 6.07. The number of carbonyl (C=O) groups is 1. The number of likely N-dealkylation sites (tertiary alicyclic amines) is 2. The van der Waals surface area contributed by atoms with Crippen LogP contribution >= 0.6 is 11.6 Å². The Morgan fingerprint density at radius 2 is 1.76 bits per heavy atom. The molecule has 3 aliphatic heterocycles. The van der Waals surface area contributed by atoms with Crippen LogP contribution in [0.3, 0.4) is 0 Å². The molecule has 2 saturated heterocycles. The fourth-order valence-electron chi connectivity index (χ4n) is 5.94. The largest absolute Gasteiger partial charge is 0.497 e. The summed E-state index contributed by atoms with van der Waals surface area (Å²) in [7, 11) is 1.64. The Morgan fingerprint density at radius 1 is 1.05 bits per heavy atom. The number of nitrogens with zero attached hydrogens (tertiary/aromatic N) is 4. The van der Waals surface area contributed by atoms with Crippen molar-refractivity contribution in [3.63, 3.8) is 0 Å². The summed E-state index contributed by atoms with van der Waals surface area (Å²) >= 11 is 6.20. The Morgan fingerprint density at radius 3 is 2.41 bits per heavy atom. The van der Waals surface area contributed by atoms with E-state index < -0.39 is 0 Å². The number of methoxy groups -OCH3 is 1. The molecule has 3 aliphatic rings. The molecule has 2 aromatic rings. The number of halogens is 1. The number of urea groups is 1. The van der Waals surface area contributed by atoms with Crippen LogP contribution in [0, 0.1) is 0 Å². The SMILES string of the molecule is CCOc1cc(OC)ccc1C1=NC(C)C(c2ccc(Cl)cc2)N1C(=O)N1CCC(N2CCCC2)CC1. The van der Waals surface area contributed by atoms with Gasteiger partial charge < -0.3 is 19.3 Å². The van der Waals surface area contributed by atoms with Crippen molar-refractivity contribution >= 4 is 23.5 Å². The second-order valence-electron chi connectivity index (χ2n) is 10.1. The topological polar surface area (TPSA) is 57.6 Å². The number of amidine groups is 1. The number of amides is 2. The monoisotopic (exact) mass is 524 g/mol. The number of hydrogen-bond donors (Lipinski definition) is 0. The van der Waals surface area contributed by atoms with Gasteiger partial charge in [-0.05, 0) is 82.4 Å². The van der Waals surface area contributed by atoms with E-state index in [0.29, 0.717) is 35.0 Å². The minimum absolute atomic E-state index is 0.00110. The average Bonchev–Trinajstić information content (AvgIpc) is 3.57. The van der Waals surface area contributed by atoms with Gasteiger partial charge in [0.15, 0.2) is 0 Å². The lowest BCUT2D eigenvalue weighted by Gasteiger charge is -2.39. The van der Waals surface area contributed by atoms with Crippen LogP contribution in [0.4, 0.5) is 4.79 Å². The normalized spacial score (nSPS) is 22.9. The number of ether oxygens (including phenoxy) is 2. The summed E-state index contributed by atoms with van der Waals surface area (Å²) in [6, 6.07) is 13.7. The van der Waals surface area contributed by atoms with E-state index in [1.54, 1.807) is 7.11 Å². The molecule has 0 aliphatic carbocycles. The molecule has 7 nitrogen and oxygen atoms in total. The quantitative estimate of drug-likeness (QED) is 0.492. The van der Waals surface area contributed by atoms with E-state index in [2.05, 4.69) is 11.8 Å². The van der Waals surface area contributed by atoms with Crippen LogP contribution in [0.1, 0.15) is 56.7 Å². The van der Waals surface area contributed by atoms with Crippen molar-refractivity contribution in [3.8, 4) is 11.5 Å². The summed E-state index contributed by atoms with van der Waals surface area (Å²) in [6.07, 6.45) is 4.61. The van der Waals surface area contributed by atoms with E-state index in [0.717, 1.165) is 37.1 Å². The Hall–Kier alpha value is -2.77. The highest BCUT2D eigenvalue weighted by molar-refractivity contribution is 6.30. The summed E-state index contributed by atoms with van der Waals surface area (Å²) < 4.78 is 11.4. The van der Waals surface area contributed by atoms with E-state index in [4.69, 9.17) is 26.1 Å². The van der Waals surface area contributed by atoms with Crippen LogP contribution in [-0.2, 0) is 0 Å². The first-order valence-corrected chi connectivity index (χ1v) is 13.8. The van der Waals surface area contributed by atoms with Crippen LogP contribution in [0.15, 0.2) is 47.5 Å². The maximum absolute atomic E-state index is 14.3. The highest BCUT2D eigenvalue weighted by Gasteiger charge is 2.43. The zero-order valence-corrected chi connectivity index (χ0v) is 22.8. The first-order valence-electron chi connectivity index (χ1n) is 13.5. The van der Waals surface area contributed by atoms with E-state index in [1.165, 1.54) is 25.9 Å². The predicted octanol–water partition coefficient (Wildman–Crippen LogP) is 5.62. The Labute approximate surface area is 225 Å². The summed E-state index contributed by atoms with van der Waals surface area (Å²) in [6.45, 7) is 8.41. The second-order valence-corrected chi connectivity index (χ2v) is 10.5. The Kier molecular flexibility index (Phi) is 7.91. The predicted molar refractivity (Wildman–Crippen MR) is 147 cm³/mol. The number of piperidine rings is 1. The second kappa shape index (κ2) is 11.3. The lowest BCUT2D eigenvalue weighted by Crippen LogP contribution is -2.52. The van der Waals surface area contributed by atoms with Gasteiger partial charge in [-0.1, -0.05) is 23.7 Å². The minimum atomic E-state index is -0.229. The molecule has 0 aromatic heterocycles. The molecule has 2 atom stereocenters. The number of benzene rings is 2. The van der Waals surface area contributed by atoms with E-state index in [-0.39, 0.29) is 18.1 Å². The molecule has 37 heavy (non-hydrogen) atoms. The van der Waals surface area contributed by atoms with Crippen molar-refractivity contribution in [2.75, 3.05) is 39.9 Å². The standard InChI is InChI=1S/C29H37ClN4O3/c1-4-37-26-19-24(36-3)11-12-25(26)28-31-20(2)27(21-7-9-22(30)10-8-21)34(28)29(35)33-17-13-23(14-18-33)32-15-5-6-16-32/h7-12,19-20,23,27H,4-6,13-18H2,1-3H3. The molecule has 0 saturated carbocycles. The summed E-state index contributed by atoms with van der Waals surface area (Å²) in [5.41, 5.74) is 1.81. The highest BCUT2D eigenvalue weighted by atomic mass is 35.5. The molecular formula is C29H37ClN4O3. The first-order chi connectivity index (χ1) is 18.0. The van der Waals surface area contributed by atoms with Crippen molar-refractivity contribution in [1.82, 2.24) is 14.7 Å². The van der Waals surface area contributed by atoms with Gasteiger partial charge in [-0.15, -0.1) is 0 Å². The summed E-state index contributed by atoms with van der Waals surface area (Å²) in [5, 5.41) is 0.672. The molecular weight excluding hydrogens is 488 g/mol. The number of rotatable bonds is 6. The Bertz CT molecular complexity index is 1120. The minimum Gasteiger partial charge on any atom is -0.497 e. The number of aliphatic imine (C=N–C) groups is 1. The number of hydrogen-bond acceptors (Lipinski definition) is 5. The van der Waals surface area contributed by atoms with Crippen LogP contribution in [0.2, 0.25) is 5.02 Å². The average molecular weight is 525 g/mol. The van der Waals surface area contributed by atoms with Crippen molar-refractivity contribution in [3.05, 3.63) is 58.6 Å². The van der Waals surface area contributed by atoms with Crippen molar-refractivity contribution in [2.24, 2.45) is 4.99 Å². The molecule has 3 heterocycles. The molecule has 2 aromatic carbocycles. The molecule has 0 bridgehead atoms. The summed E-state index contributed by atoms with van der Waals surface area (Å²) in [5.74, 6) is 2.01. The molecule has 8 heteroatoms. The number of carbonyl (C=O) groups excluding carboxylic acids is 1. The first kappa shape index (κ1) is 25.9. The van der Waals surface area contributed by atoms with Crippen molar-refractivity contribution < 1.29 is 14.3 Å². The molecule has 5 rings (SSSR count). The molecule has 2 amide bonds. The molecule has 0 N–H and O–H groups in total. The van der Waals surface area contributed by atoms with Gasteiger partial charge >= 0.3 is 6.03 Å². The van der Waals surface area contributed by atoms with Gasteiger partial charge in [0, 0.05) is 30.2 Å². The third-order valence-electron chi connectivity index (χ3n) is 7.83. The third kappa shape index (κ3) is 5.30.